The number of allylic oxidation sites excluding steroid dienone is 1. The highest BCUT2D eigenvalue weighted by Crippen LogP contribution is 2.21. The standard InChI is InChI=1S/C18H26N2S/c1-6-11-19-16(5)21-15(4)13-20-18(7-2)17-10-8-9-14(3)12-17/h7-10,12,19-20H,4-6,11,13H2,1-3H3/b18-7-. The minimum absolute atomic E-state index is 0.727. The SMILES string of the molecule is C=C(CN/C(=C\C)c1cccc(C)c1)SC(=C)NCCC. The molecule has 0 amide bonds. The summed E-state index contributed by atoms with van der Waals surface area (Å²) in [5.74, 6) is 0. The molecule has 0 aliphatic carbocycles. The van der Waals surface area contributed by atoms with Gasteiger partial charge in [-0.15, -0.1) is 0 Å². The Balaban J connectivity index is 2.49. The molecule has 21 heavy (non-hydrogen) atoms. The molecule has 0 unspecified atom stereocenters. The van der Waals surface area contributed by atoms with Gasteiger partial charge in [-0.05, 0) is 31.9 Å². The third-order valence-electron chi connectivity index (χ3n) is 2.93. The average Bonchev–Trinajstić information content (AvgIpc) is 2.46. The molecule has 0 fully saturated rings. The molecule has 1 aromatic rings. The van der Waals surface area contributed by atoms with E-state index in [-0.39, 0.29) is 0 Å². The summed E-state index contributed by atoms with van der Waals surface area (Å²) in [6.45, 7) is 16.1. The third-order valence-corrected chi connectivity index (χ3v) is 3.76. The zero-order valence-electron chi connectivity index (χ0n) is 13.3. The Hall–Kier alpha value is -1.61. The van der Waals surface area contributed by atoms with E-state index in [0.717, 1.165) is 35.1 Å². The normalized spacial score (nSPS) is 11.1. The highest BCUT2D eigenvalue weighted by Gasteiger charge is 2.03. The van der Waals surface area contributed by atoms with E-state index in [1.807, 2.05) is 6.92 Å². The van der Waals surface area contributed by atoms with E-state index >= 15 is 0 Å². The molecule has 0 radical (unpaired) electrons. The van der Waals surface area contributed by atoms with E-state index in [4.69, 9.17) is 0 Å². The molecule has 3 heteroatoms. The molecular formula is C18H26N2S. The second-order valence-corrected chi connectivity index (χ2v) is 6.19. The molecule has 0 heterocycles. The van der Waals surface area contributed by atoms with Crippen molar-refractivity contribution in [1.29, 1.82) is 0 Å². The first-order valence-electron chi connectivity index (χ1n) is 7.32. The fraction of sp³-hybridized carbons (Fsp3) is 0.333. The number of hydrogen-bond donors (Lipinski definition) is 2. The van der Waals surface area contributed by atoms with Gasteiger partial charge in [0.25, 0.3) is 0 Å². The van der Waals surface area contributed by atoms with Gasteiger partial charge in [-0.1, -0.05) is 61.7 Å². The Labute approximate surface area is 133 Å². The van der Waals surface area contributed by atoms with Crippen LogP contribution in [0.25, 0.3) is 5.70 Å². The zero-order chi connectivity index (χ0) is 15.7. The summed E-state index contributed by atoms with van der Waals surface area (Å²) >= 11 is 1.60. The first-order valence-corrected chi connectivity index (χ1v) is 8.14. The molecule has 0 aromatic heterocycles. The number of rotatable bonds is 9. The van der Waals surface area contributed by atoms with Crippen LogP contribution >= 0.6 is 11.8 Å². The van der Waals surface area contributed by atoms with Crippen LogP contribution in [0.3, 0.4) is 0 Å². The van der Waals surface area contributed by atoms with Gasteiger partial charge in [0.1, 0.15) is 0 Å². The monoisotopic (exact) mass is 302 g/mol. The number of aryl methyl sites for hydroxylation is 1. The van der Waals surface area contributed by atoms with Crippen LogP contribution in [0.1, 0.15) is 31.4 Å². The smallest absolute Gasteiger partial charge is 0.0653 e. The van der Waals surface area contributed by atoms with Crippen LogP contribution in [0, 0.1) is 6.92 Å². The van der Waals surface area contributed by atoms with Gasteiger partial charge in [0, 0.05) is 23.7 Å². The van der Waals surface area contributed by atoms with Gasteiger partial charge in [0.2, 0.25) is 0 Å². The van der Waals surface area contributed by atoms with Gasteiger partial charge < -0.3 is 10.6 Å². The van der Waals surface area contributed by atoms with E-state index in [2.05, 4.69) is 68.0 Å². The lowest BCUT2D eigenvalue weighted by molar-refractivity contribution is 0.802. The Morgan fingerprint density at radius 2 is 2.05 bits per heavy atom. The first kappa shape index (κ1) is 17.4. The van der Waals surface area contributed by atoms with Crippen molar-refractivity contribution in [3.8, 4) is 0 Å². The molecule has 1 aromatic carbocycles. The summed E-state index contributed by atoms with van der Waals surface area (Å²) in [5, 5.41) is 7.67. The van der Waals surface area contributed by atoms with Crippen molar-refractivity contribution in [3.63, 3.8) is 0 Å². The number of nitrogens with one attached hydrogen (secondary N) is 2. The van der Waals surface area contributed by atoms with Crippen molar-refractivity contribution < 1.29 is 0 Å². The highest BCUT2D eigenvalue weighted by molar-refractivity contribution is 8.06. The lowest BCUT2D eigenvalue weighted by Crippen LogP contribution is -2.16. The molecule has 0 spiro atoms. The highest BCUT2D eigenvalue weighted by atomic mass is 32.2. The van der Waals surface area contributed by atoms with E-state index in [9.17, 15) is 0 Å². The lowest BCUT2D eigenvalue weighted by atomic mass is 10.1. The van der Waals surface area contributed by atoms with Gasteiger partial charge >= 0.3 is 0 Å². The summed E-state index contributed by atoms with van der Waals surface area (Å²) in [6, 6.07) is 8.48. The molecule has 0 aliphatic heterocycles. The quantitative estimate of drug-likeness (QED) is 0.693. The van der Waals surface area contributed by atoms with Crippen molar-refractivity contribution in [1.82, 2.24) is 10.6 Å². The van der Waals surface area contributed by atoms with Crippen molar-refractivity contribution in [3.05, 3.63) is 64.6 Å². The van der Waals surface area contributed by atoms with Crippen molar-refractivity contribution in [2.75, 3.05) is 13.1 Å². The van der Waals surface area contributed by atoms with E-state index in [1.54, 1.807) is 11.8 Å². The number of thioether (sulfide) groups is 1. The second kappa shape index (κ2) is 9.35. The van der Waals surface area contributed by atoms with Crippen LogP contribution in [0.5, 0.6) is 0 Å². The maximum absolute atomic E-state index is 4.09. The van der Waals surface area contributed by atoms with Crippen molar-refractivity contribution >= 4 is 17.5 Å². The molecule has 1 rings (SSSR count). The summed E-state index contributed by atoms with van der Waals surface area (Å²) in [6.07, 6.45) is 3.19. The van der Waals surface area contributed by atoms with Crippen LogP contribution in [-0.2, 0) is 0 Å². The predicted molar refractivity (Wildman–Crippen MR) is 97.0 cm³/mol. The number of hydrogen-bond acceptors (Lipinski definition) is 3. The molecule has 0 saturated heterocycles. The molecule has 0 atom stereocenters. The van der Waals surface area contributed by atoms with Gasteiger partial charge in [-0.3, -0.25) is 0 Å². The maximum Gasteiger partial charge on any atom is 0.0653 e. The van der Waals surface area contributed by atoms with Crippen LogP contribution in [0.15, 0.2) is 53.4 Å². The van der Waals surface area contributed by atoms with E-state index in [1.165, 1.54) is 11.1 Å². The molecule has 0 bridgehead atoms. The predicted octanol–water partition coefficient (Wildman–Crippen LogP) is 4.66. The average molecular weight is 302 g/mol. The van der Waals surface area contributed by atoms with Crippen molar-refractivity contribution in [2.45, 2.75) is 27.2 Å². The molecule has 114 valence electrons. The molecule has 0 saturated carbocycles. The van der Waals surface area contributed by atoms with Crippen LogP contribution in [0.2, 0.25) is 0 Å². The van der Waals surface area contributed by atoms with Crippen LogP contribution in [0.4, 0.5) is 0 Å². The summed E-state index contributed by atoms with van der Waals surface area (Å²) in [4.78, 5) is 1.05. The molecular weight excluding hydrogens is 276 g/mol. The Morgan fingerprint density at radius 1 is 1.29 bits per heavy atom. The molecule has 2 N–H and O–H groups in total. The summed E-state index contributed by atoms with van der Waals surface area (Å²) in [5.41, 5.74) is 3.60. The fourth-order valence-corrected chi connectivity index (χ4v) is 2.56. The third kappa shape index (κ3) is 6.58. The zero-order valence-corrected chi connectivity index (χ0v) is 14.1. The number of benzene rings is 1. The summed E-state index contributed by atoms with van der Waals surface area (Å²) in [7, 11) is 0. The summed E-state index contributed by atoms with van der Waals surface area (Å²) < 4.78 is 0. The van der Waals surface area contributed by atoms with E-state index in [0.29, 0.717) is 0 Å². The Kier molecular flexibility index (Phi) is 7.76. The topological polar surface area (TPSA) is 24.1 Å². The van der Waals surface area contributed by atoms with Gasteiger partial charge in [-0.2, -0.15) is 0 Å². The van der Waals surface area contributed by atoms with E-state index < -0.39 is 0 Å². The Morgan fingerprint density at radius 3 is 2.67 bits per heavy atom. The molecule has 2 nitrogen and oxygen atoms in total. The Bertz CT molecular complexity index is 518. The van der Waals surface area contributed by atoms with Gasteiger partial charge in [0.15, 0.2) is 0 Å². The first-order chi connectivity index (χ1) is 10.1. The maximum atomic E-state index is 4.09. The molecule has 0 aliphatic rings. The van der Waals surface area contributed by atoms with Crippen molar-refractivity contribution in [2.24, 2.45) is 0 Å². The lowest BCUT2D eigenvalue weighted by Gasteiger charge is -2.14. The largest absolute Gasteiger partial charge is 0.380 e. The second-order valence-electron chi connectivity index (χ2n) is 4.92. The minimum atomic E-state index is 0.727. The van der Waals surface area contributed by atoms with Crippen LogP contribution in [-0.4, -0.2) is 13.1 Å². The minimum Gasteiger partial charge on any atom is -0.380 e. The van der Waals surface area contributed by atoms with Gasteiger partial charge in [-0.25, -0.2) is 0 Å². The van der Waals surface area contributed by atoms with Gasteiger partial charge in [0.05, 0.1) is 5.03 Å². The fourth-order valence-electron chi connectivity index (χ4n) is 1.89. The van der Waals surface area contributed by atoms with Crippen LogP contribution < -0.4 is 10.6 Å².